The first kappa shape index (κ1) is 16.9. The van der Waals surface area contributed by atoms with Gasteiger partial charge in [0, 0.05) is 19.5 Å². The second-order valence-electron chi connectivity index (χ2n) is 5.88. The lowest BCUT2D eigenvalue weighted by atomic mass is 9.97. The van der Waals surface area contributed by atoms with Crippen LogP contribution in [-0.4, -0.2) is 0 Å². The fourth-order valence-corrected chi connectivity index (χ4v) is 6.11. The molecule has 3 aromatic heterocycles. The van der Waals surface area contributed by atoms with Crippen LogP contribution in [0.5, 0.6) is 0 Å². The van der Waals surface area contributed by atoms with Crippen molar-refractivity contribution in [3.8, 4) is 19.5 Å². The summed E-state index contributed by atoms with van der Waals surface area (Å²) in [4.78, 5) is 5.95. The van der Waals surface area contributed by atoms with Crippen molar-refractivity contribution in [2.45, 2.75) is 52.4 Å². The molecule has 0 aliphatic heterocycles. The Morgan fingerprint density at radius 3 is 1.57 bits per heavy atom. The van der Waals surface area contributed by atoms with E-state index < -0.39 is 0 Å². The third-order valence-corrected chi connectivity index (χ3v) is 7.54. The topological polar surface area (TPSA) is 0 Å². The summed E-state index contributed by atoms with van der Waals surface area (Å²) < 4.78 is 0. The minimum absolute atomic E-state index is 1.23. The molecule has 3 aromatic rings. The summed E-state index contributed by atoms with van der Waals surface area (Å²) in [6.45, 7) is 4.59. The van der Waals surface area contributed by atoms with Crippen molar-refractivity contribution in [1.29, 1.82) is 0 Å². The predicted octanol–water partition coefficient (Wildman–Crippen LogP) is 7.89. The fraction of sp³-hybridized carbons (Fsp3) is 0.400. The first-order valence-corrected chi connectivity index (χ1v) is 11.1. The van der Waals surface area contributed by atoms with E-state index in [0.29, 0.717) is 0 Å². The maximum atomic E-state index is 2.29. The predicted molar refractivity (Wildman–Crippen MR) is 108 cm³/mol. The smallest absolute Gasteiger partial charge is 0.0484 e. The molecule has 0 N–H and O–H groups in total. The van der Waals surface area contributed by atoms with Gasteiger partial charge in [0.1, 0.15) is 0 Å². The molecule has 0 aliphatic rings. The molecule has 0 spiro atoms. The zero-order valence-corrected chi connectivity index (χ0v) is 16.4. The van der Waals surface area contributed by atoms with Crippen LogP contribution in [0.4, 0.5) is 0 Å². The van der Waals surface area contributed by atoms with Crippen LogP contribution >= 0.6 is 34.0 Å². The number of hydrogen-bond acceptors (Lipinski definition) is 3. The van der Waals surface area contributed by atoms with E-state index in [1.54, 1.807) is 11.1 Å². The van der Waals surface area contributed by atoms with Crippen molar-refractivity contribution in [2.24, 2.45) is 0 Å². The zero-order chi connectivity index (χ0) is 16.1. The third kappa shape index (κ3) is 3.78. The lowest BCUT2D eigenvalue weighted by Crippen LogP contribution is -1.94. The maximum absolute atomic E-state index is 2.29. The van der Waals surface area contributed by atoms with Crippen molar-refractivity contribution in [3.63, 3.8) is 0 Å². The molecule has 0 fully saturated rings. The lowest BCUT2D eigenvalue weighted by molar-refractivity contribution is 0.764. The Hall–Kier alpha value is -0.900. The lowest BCUT2D eigenvalue weighted by Gasteiger charge is -2.08. The molecule has 0 nitrogen and oxygen atoms in total. The van der Waals surface area contributed by atoms with Crippen LogP contribution in [0.25, 0.3) is 19.5 Å². The Labute approximate surface area is 151 Å². The molecule has 0 saturated heterocycles. The molecule has 122 valence electrons. The van der Waals surface area contributed by atoms with Gasteiger partial charge in [0.25, 0.3) is 0 Å². The molecule has 3 rings (SSSR count). The molecule has 0 saturated carbocycles. The highest BCUT2D eigenvalue weighted by Crippen LogP contribution is 2.46. The molecule has 0 unspecified atom stereocenters. The first-order valence-electron chi connectivity index (χ1n) is 8.57. The van der Waals surface area contributed by atoms with E-state index in [1.165, 1.54) is 58.0 Å². The summed E-state index contributed by atoms with van der Waals surface area (Å²) in [5, 5.41) is 4.41. The van der Waals surface area contributed by atoms with E-state index in [2.05, 4.69) is 48.9 Å². The third-order valence-electron chi connectivity index (χ3n) is 4.17. The van der Waals surface area contributed by atoms with Gasteiger partial charge in [0.2, 0.25) is 0 Å². The number of thiophene rings is 3. The van der Waals surface area contributed by atoms with Crippen molar-refractivity contribution >= 4 is 34.0 Å². The quantitative estimate of drug-likeness (QED) is 0.383. The van der Waals surface area contributed by atoms with Gasteiger partial charge in [-0.05, 0) is 59.7 Å². The minimum atomic E-state index is 1.23. The summed E-state index contributed by atoms with van der Waals surface area (Å²) >= 11 is 5.78. The number of hydrogen-bond donors (Lipinski definition) is 0. The van der Waals surface area contributed by atoms with Crippen LogP contribution in [0.15, 0.2) is 35.0 Å². The van der Waals surface area contributed by atoms with Gasteiger partial charge in [-0.3, -0.25) is 0 Å². The van der Waals surface area contributed by atoms with Crippen molar-refractivity contribution < 1.29 is 0 Å². The molecule has 3 heteroatoms. The van der Waals surface area contributed by atoms with E-state index in [9.17, 15) is 0 Å². The van der Waals surface area contributed by atoms with Crippen molar-refractivity contribution in [3.05, 3.63) is 46.2 Å². The molecule has 23 heavy (non-hydrogen) atoms. The molecular weight excluding hydrogens is 336 g/mol. The first-order chi connectivity index (χ1) is 11.3. The van der Waals surface area contributed by atoms with Gasteiger partial charge in [-0.25, -0.2) is 0 Å². The van der Waals surface area contributed by atoms with E-state index in [-0.39, 0.29) is 0 Å². The summed E-state index contributed by atoms with van der Waals surface area (Å²) in [5.74, 6) is 0. The average Bonchev–Trinajstić information content (AvgIpc) is 3.30. The monoisotopic (exact) mass is 360 g/mol. The van der Waals surface area contributed by atoms with Crippen LogP contribution in [-0.2, 0) is 12.8 Å². The van der Waals surface area contributed by atoms with E-state index >= 15 is 0 Å². The largest absolute Gasteiger partial charge is 0.143 e. The molecule has 0 bridgehead atoms. The Morgan fingerprint density at radius 1 is 0.739 bits per heavy atom. The van der Waals surface area contributed by atoms with Gasteiger partial charge < -0.3 is 0 Å². The highest BCUT2D eigenvalue weighted by Gasteiger charge is 2.20. The van der Waals surface area contributed by atoms with E-state index in [0.717, 1.165) is 0 Å². The van der Waals surface area contributed by atoms with Gasteiger partial charge in [0.05, 0.1) is 0 Å². The van der Waals surface area contributed by atoms with Crippen LogP contribution in [0.3, 0.4) is 0 Å². The van der Waals surface area contributed by atoms with Crippen LogP contribution in [0.2, 0.25) is 0 Å². The average molecular weight is 361 g/mol. The molecule has 0 radical (unpaired) electrons. The van der Waals surface area contributed by atoms with Crippen molar-refractivity contribution in [1.82, 2.24) is 0 Å². The second-order valence-corrected chi connectivity index (χ2v) is 8.80. The Bertz CT molecular complexity index is 642. The molecule has 0 atom stereocenters. The van der Waals surface area contributed by atoms with Crippen LogP contribution < -0.4 is 0 Å². The standard InChI is InChI=1S/C20H24S3/c1-3-5-9-15-16(10-6-4-2)20(18-12-8-14-22-18)23-19(15)17-11-7-13-21-17/h7-8,11-14H,3-6,9-10H2,1-2H3. The van der Waals surface area contributed by atoms with E-state index in [4.69, 9.17) is 0 Å². The SMILES string of the molecule is CCCCc1c(-c2cccs2)sc(-c2cccs2)c1CCCC. The maximum Gasteiger partial charge on any atom is 0.0484 e. The van der Waals surface area contributed by atoms with Crippen molar-refractivity contribution in [2.75, 3.05) is 0 Å². The summed E-state index contributed by atoms with van der Waals surface area (Å²) in [6, 6.07) is 8.93. The minimum Gasteiger partial charge on any atom is -0.143 e. The fourth-order valence-electron chi connectivity index (χ4n) is 2.95. The number of rotatable bonds is 8. The molecule has 3 heterocycles. The Morgan fingerprint density at radius 2 is 1.22 bits per heavy atom. The molecule has 0 amide bonds. The highest BCUT2D eigenvalue weighted by atomic mass is 32.1. The van der Waals surface area contributed by atoms with Crippen LogP contribution in [0, 0.1) is 0 Å². The zero-order valence-electron chi connectivity index (χ0n) is 13.9. The van der Waals surface area contributed by atoms with Gasteiger partial charge in [-0.15, -0.1) is 34.0 Å². The second kappa shape index (κ2) is 8.27. The summed E-state index contributed by atoms with van der Waals surface area (Å²) in [7, 11) is 0. The summed E-state index contributed by atoms with van der Waals surface area (Å²) in [6.07, 6.45) is 7.56. The normalized spacial score (nSPS) is 11.2. The molecule has 0 aliphatic carbocycles. The van der Waals surface area contributed by atoms with Gasteiger partial charge in [-0.2, -0.15) is 0 Å². The molecule has 0 aromatic carbocycles. The Kier molecular flexibility index (Phi) is 6.09. The Balaban J connectivity index is 2.11. The van der Waals surface area contributed by atoms with Gasteiger partial charge in [0.15, 0.2) is 0 Å². The van der Waals surface area contributed by atoms with Gasteiger partial charge >= 0.3 is 0 Å². The van der Waals surface area contributed by atoms with E-state index in [1.807, 2.05) is 34.0 Å². The highest BCUT2D eigenvalue weighted by molar-refractivity contribution is 7.26. The van der Waals surface area contributed by atoms with Crippen LogP contribution in [0.1, 0.15) is 50.7 Å². The summed E-state index contributed by atoms with van der Waals surface area (Å²) in [5.41, 5.74) is 3.27. The molecular formula is C20H24S3. The number of unbranched alkanes of at least 4 members (excludes halogenated alkanes) is 2. The van der Waals surface area contributed by atoms with Gasteiger partial charge in [-0.1, -0.05) is 38.8 Å².